The number of fused-ring (bicyclic) bond motifs is 1. The summed E-state index contributed by atoms with van der Waals surface area (Å²) in [6.45, 7) is 4.22. The van der Waals surface area contributed by atoms with E-state index in [9.17, 15) is 4.79 Å². The molecular formula is C21H25N3O3S. The topological polar surface area (TPSA) is 65.4 Å². The molecule has 0 aliphatic heterocycles. The van der Waals surface area contributed by atoms with E-state index in [1.165, 1.54) is 11.8 Å². The minimum absolute atomic E-state index is 0.0387. The highest BCUT2D eigenvalue weighted by Crippen LogP contribution is 2.23. The number of hydrogen-bond donors (Lipinski definition) is 1. The summed E-state index contributed by atoms with van der Waals surface area (Å²) in [6, 6.07) is 15.8. The highest BCUT2D eigenvalue weighted by atomic mass is 32.2. The van der Waals surface area contributed by atoms with Gasteiger partial charge in [0, 0.05) is 13.7 Å². The molecule has 0 fully saturated rings. The van der Waals surface area contributed by atoms with Gasteiger partial charge in [-0.1, -0.05) is 36.0 Å². The molecule has 1 N–H and O–H groups in total. The van der Waals surface area contributed by atoms with Gasteiger partial charge in [0.1, 0.15) is 12.4 Å². The van der Waals surface area contributed by atoms with Gasteiger partial charge in [0.2, 0.25) is 5.91 Å². The second-order valence-electron chi connectivity index (χ2n) is 6.33. The number of aryl methyl sites for hydroxylation is 1. The fourth-order valence-corrected chi connectivity index (χ4v) is 3.68. The third-order valence-corrected chi connectivity index (χ3v) is 5.13. The normalized spacial score (nSPS) is 10.9. The molecule has 6 nitrogen and oxygen atoms in total. The summed E-state index contributed by atoms with van der Waals surface area (Å²) in [5.41, 5.74) is 3.12. The lowest BCUT2D eigenvalue weighted by Gasteiger charge is -2.09. The van der Waals surface area contributed by atoms with Gasteiger partial charge < -0.3 is 19.4 Å². The SMILES string of the molecule is COCCn1c(SCC(=O)NCCOc2cccc(C)c2)nc2ccccc21. The van der Waals surface area contributed by atoms with Crippen LogP contribution in [0, 0.1) is 6.92 Å². The number of hydrogen-bond acceptors (Lipinski definition) is 5. The maximum absolute atomic E-state index is 12.2. The first-order chi connectivity index (χ1) is 13.7. The van der Waals surface area contributed by atoms with Crippen LogP contribution in [-0.2, 0) is 16.1 Å². The molecule has 0 unspecified atom stereocenters. The minimum Gasteiger partial charge on any atom is -0.492 e. The first-order valence-corrected chi connectivity index (χ1v) is 10.2. The molecule has 28 heavy (non-hydrogen) atoms. The van der Waals surface area contributed by atoms with Crippen LogP contribution < -0.4 is 10.1 Å². The Bertz CT molecular complexity index is 926. The number of carbonyl (C=O) groups is 1. The molecule has 0 bridgehead atoms. The second kappa shape index (κ2) is 10.1. The van der Waals surface area contributed by atoms with Crippen molar-refractivity contribution in [2.24, 2.45) is 0 Å². The summed E-state index contributed by atoms with van der Waals surface area (Å²) in [5.74, 6) is 1.08. The smallest absolute Gasteiger partial charge is 0.230 e. The zero-order valence-electron chi connectivity index (χ0n) is 16.2. The van der Waals surface area contributed by atoms with E-state index in [1.807, 2.05) is 55.5 Å². The number of para-hydroxylation sites is 2. The number of rotatable bonds is 10. The zero-order valence-corrected chi connectivity index (χ0v) is 17.0. The summed E-state index contributed by atoms with van der Waals surface area (Å²) in [7, 11) is 1.68. The predicted octanol–water partition coefficient (Wildman–Crippen LogP) is 3.28. The molecule has 3 aromatic rings. The number of aromatic nitrogens is 2. The molecule has 0 spiro atoms. The Kier molecular flexibility index (Phi) is 7.33. The first kappa shape index (κ1) is 20.2. The Morgan fingerprint density at radius 3 is 2.86 bits per heavy atom. The van der Waals surface area contributed by atoms with Crippen molar-refractivity contribution in [2.45, 2.75) is 18.6 Å². The number of carbonyl (C=O) groups excluding carboxylic acids is 1. The van der Waals surface area contributed by atoms with Crippen molar-refractivity contribution in [2.75, 3.05) is 32.6 Å². The van der Waals surface area contributed by atoms with Gasteiger partial charge in [-0.25, -0.2) is 4.98 Å². The van der Waals surface area contributed by atoms with E-state index in [-0.39, 0.29) is 5.91 Å². The average molecular weight is 400 g/mol. The maximum atomic E-state index is 12.2. The number of thioether (sulfide) groups is 1. The van der Waals surface area contributed by atoms with E-state index < -0.39 is 0 Å². The Labute approximate surface area is 169 Å². The lowest BCUT2D eigenvalue weighted by atomic mass is 10.2. The van der Waals surface area contributed by atoms with Crippen LogP contribution in [0.2, 0.25) is 0 Å². The number of methoxy groups -OCH3 is 1. The van der Waals surface area contributed by atoms with E-state index in [0.717, 1.165) is 27.5 Å². The third-order valence-electron chi connectivity index (χ3n) is 4.15. The van der Waals surface area contributed by atoms with Crippen molar-refractivity contribution in [3.63, 3.8) is 0 Å². The van der Waals surface area contributed by atoms with Gasteiger partial charge in [0.05, 0.1) is 29.9 Å². The average Bonchev–Trinajstić information content (AvgIpc) is 3.05. The van der Waals surface area contributed by atoms with Gasteiger partial charge >= 0.3 is 0 Å². The standard InChI is InChI=1S/C21H25N3O3S/c1-16-6-5-7-17(14-16)27-12-10-22-20(25)15-28-21-23-18-8-3-4-9-19(18)24(21)11-13-26-2/h3-9,14H,10-13,15H2,1-2H3,(H,22,25). The first-order valence-electron chi connectivity index (χ1n) is 9.20. The molecule has 2 aromatic carbocycles. The molecule has 1 heterocycles. The van der Waals surface area contributed by atoms with Gasteiger partial charge in [0.15, 0.2) is 5.16 Å². The van der Waals surface area contributed by atoms with Crippen LogP contribution in [0.15, 0.2) is 53.7 Å². The molecule has 0 aliphatic carbocycles. The molecule has 1 amide bonds. The quantitative estimate of drug-likeness (QED) is 0.419. The fraction of sp³-hybridized carbons (Fsp3) is 0.333. The van der Waals surface area contributed by atoms with Crippen LogP contribution in [-0.4, -0.2) is 48.1 Å². The molecule has 3 rings (SSSR count). The summed E-state index contributed by atoms with van der Waals surface area (Å²) in [5, 5.41) is 3.71. The molecule has 0 radical (unpaired) electrons. The van der Waals surface area contributed by atoms with Gasteiger partial charge in [-0.15, -0.1) is 0 Å². The van der Waals surface area contributed by atoms with Crippen LogP contribution >= 0.6 is 11.8 Å². The van der Waals surface area contributed by atoms with E-state index >= 15 is 0 Å². The number of imidazole rings is 1. The van der Waals surface area contributed by atoms with Gasteiger partial charge in [0.25, 0.3) is 0 Å². The molecule has 0 saturated heterocycles. The molecule has 1 aromatic heterocycles. The Morgan fingerprint density at radius 2 is 2.04 bits per heavy atom. The number of benzene rings is 2. The van der Waals surface area contributed by atoms with E-state index in [0.29, 0.717) is 32.1 Å². The largest absolute Gasteiger partial charge is 0.492 e. The van der Waals surface area contributed by atoms with Crippen molar-refractivity contribution < 1.29 is 14.3 Å². The van der Waals surface area contributed by atoms with Gasteiger partial charge in [-0.2, -0.15) is 0 Å². The van der Waals surface area contributed by atoms with Crippen LogP contribution in [0.25, 0.3) is 11.0 Å². The lowest BCUT2D eigenvalue weighted by Crippen LogP contribution is -2.29. The fourth-order valence-electron chi connectivity index (χ4n) is 2.81. The minimum atomic E-state index is -0.0387. The predicted molar refractivity (Wildman–Crippen MR) is 112 cm³/mol. The monoisotopic (exact) mass is 399 g/mol. The highest BCUT2D eigenvalue weighted by Gasteiger charge is 2.12. The molecule has 0 atom stereocenters. The van der Waals surface area contributed by atoms with E-state index in [4.69, 9.17) is 9.47 Å². The Morgan fingerprint density at radius 1 is 1.18 bits per heavy atom. The Balaban J connectivity index is 1.48. The number of ether oxygens (including phenoxy) is 2. The van der Waals surface area contributed by atoms with Crippen molar-refractivity contribution >= 4 is 28.7 Å². The lowest BCUT2D eigenvalue weighted by molar-refractivity contribution is -0.118. The van der Waals surface area contributed by atoms with Crippen molar-refractivity contribution in [3.05, 3.63) is 54.1 Å². The van der Waals surface area contributed by atoms with Gasteiger partial charge in [-0.3, -0.25) is 4.79 Å². The van der Waals surface area contributed by atoms with E-state index in [1.54, 1.807) is 7.11 Å². The molecule has 7 heteroatoms. The van der Waals surface area contributed by atoms with Crippen LogP contribution in [0.1, 0.15) is 5.56 Å². The second-order valence-corrected chi connectivity index (χ2v) is 7.27. The van der Waals surface area contributed by atoms with Crippen molar-refractivity contribution in [1.29, 1.82) is 0 Å². The van der Waals surface area contributed by atoms with Crippen LogP contribution in [0.4, 0.5) is 0 Å². The molecule has 0 saturated carbocycles. The molecular weight excluding hydrogens is 374 g/mol. The van der Waals surface area contributed by atoms with Crippen LogP contribution in [0.3, 0.4) is 0 Å². The maximum Gasteiger partial charge on any atom is 0.230 e. The molecule has 0 aliphatic rings. The number of amides is 1. The Hall–Kier alpha value is -2.51. The third kappa shape index (κ3) is 5.50. The van der Waals surface area contributed by atoms with Gasteiger partial charge in [-0.05, 0) is 36.8 Å². The summed E-state index contributed by atoms with van der Waals surface area (Å²) in [4.78, 5) is 16.8. The van der Waals surface area contributed by atoms with Crippen LogP contribution in [0.5, 0.6) is 5.75 Å². The number of nitrogens with zero attached hydrogens (tertiary/aromatic N) is 2. The number of nitrogens with one attached hydrogen (secondary N) is 1. The zero-order chi connectivity index (χ0) is 19.8. The van der Waals surface area contributed by atoms with Crippen molar-refractivity contribution in [1.82, 2.24) is 14.9 Å². The van der Waals surface area contributed by atoms with E-state index in [2.05, 4.69) is 14.9 Å². The highest BCUT2D eigenvalue weighted by molar-refractivity contribution is 7.99. The summed E-state index contributed by atoms with van der Waals surface area (Å²) < 4.78 is 12.9. The molecule has 148 valence electrons. The van der Waals surface area contributed by atoms with Crippen molar-refractivity contribution in [3.8, 4) is 5.75 Å². The summed E-state index contributed by atoms with van der Waals surface area (Å²) in [6.07, 6.45) is 0. The summed E-state index contributed by atoms with van der Waals surface area (Å²) >= 11 is 1.43.